The van der Waals surface area contributed by atoms with Gasteiger partial charge in [0.25, 0.3) is 0 Å². The third-order valence-corrected chi connectivity index (χ3v) is 8.75. The summed E-state index contributed by atoms with van der Waals surface area (Å²) in [6.45, 7) is 4.80. The first-order valence-electron chi connectivity index (χ1n) is 7.88. The molecule has 1 aliphatic heterocycles. The first-order chi connectivity index (χ1) is 10.1. The Kier molecular flexibility index (Phi) is 3.90. The molecule has 3 aliphatic rings. The van der Waals surface area contributed by atoms with Crippen LogP contribution in [0.5, 0.6) is 0 Å². The molecule has 1 saturated heterocycles. The summed E-state index contributed by atoms with van der Waals surface area (Å²) in [7, 11) is -0.167. The van der Waals surface area contributed by atoms with Crippen LogP contribution in [0.3, 0.4) is 0 Å². The normalized spacial score (nSPS) is 43.5. The quantitative estimate of drug-likeness (QED) is 0.727. The van der Waals surface area contributed by atoms with E-state index in [1.54, 1.807) is 14.1 Å². The largest absolute Gasteiger partial charge is 0.347 e. The van der Waals surface area contributed by atoms with Crippen LogP contribution < -0.4 is 0 Å². The van der Waals surface area contributed by atoms with Crippen LogP contribution in [0.4, 0.5) is 0 Å². The van der Waals surface area contributed by atoms with E-state index in [4.69, 9.17) is 21.1 Å². The number of nitrogens with zero attached hydrogens (tertiary/aromatic N) is 1. The Hall–Kier alpha value is 0.120. The minimum Gasteiger partial charge on any atom is -0.347 e. The molecular formula is C15H26ClNO4S. The Bertz CT molecular complexity index is 564. The van der Waals surface area contributed by atoms with Crippen LogP contribution in [0, 0.1) is 16.7 Å². The van der Waals surface area contributed by atoms with Gasteiger partial charge in [0, 0.05) is 25.9 Å². The summed E-state index contributed by atoms with van der Waals surface area (Å²) in [5.74, 6) is 0.0932. The SMILES string of the molecule is CN(C)S(=O)(=O)C[C@@]12CC[C@@H](C[C@]13OCC(CCl)O3)C2(C)C. The van der Waals surface area contributed by atoms with Crippen LogP contribution in [-0.4, -0.2) is 56.9 Å². The predicted octanol–water partition coefficient (Wildman–Crippen LogP) is 2.05. The van der Waals surface area contributed by atoms with Crippen LogP contribution in [0.15, 0.2) is 0 Å². The summed E-state index contributed by atoms with van der Waals surface area (Å²) in [5.41, 5.74) is -0.633. The first-order valence-corrected chi connectivity index (χ1v) is 10.0. The molecule has 0 aromatic rings. The van der Waals surface area contributed by atoms with Crippen molar-refractivity contribution in [1.82, 2.24) is 4.31 Å². The first kappa shape index (κ1) is 17.0. The second-order valence-electron chi connectivity index (χ2n) is 7.74. The number of sulfonamides is 1. The molecule has 1 spiro atoms. The molecule has 4 atom stereocenters. The Morgan fingerprint density at radius 2 is 2.00 bits per heavy atom. The van der Waals surface area contributed by atoms with E-state index in [2.05, 4.69) is 13.8 Å². The maximum atomic E-state index is 12.6. The molecule has 7 heteroatoms. The van der Waals surface area contributed by atoms with E-state index in [0.29, 0.717) is 18.4 Å². The van der Waals surface area contributed by atoms with Crippen molar-refractivity contribution < 1.29 is 17.9 Å². The maximum Gasteiger partial charge on any atom is 0.214 e. The summed E-state index contributed by atoms with van der Waals surface area (Å²) in [4.78, 5) is 0. The number of halogens is 1. The van der Waals surface area contributed by atoms with E-state index < -0.39 is 21.2 Å². The van der Waals surface area contributed by atoms with E-state index in [1.807, 2.05) is 0 Å². The average molecular weight is 352 g/mol. The molecule has 0 N–H and O–H groups in total. The second-order valence-corrected chi connectivity index (χ2v) is 10.2. The van der Waals surface area contributed by atoms with E-state index in [-0.39, 0.29) is 17.3 Å². The molecule has 2 saturated carbocycles. The van der Waals surface area contributed by atoms with Crippen LogP contribution in [0.2, 0.25) is 0 Å². The van der Waals surface area contributed by atoms with Crippen molar-refractivity contribution in [1.29, 1.82) is 0 Å². The monoisotopic (exact) mass is 351 g/mol. The van der Waals surface area contributed by atoms with Crippen molar-refractivity contribution in [3.05, 3.63) is 0 Å². The van der Waals surface area contributed by atoms with Crippen LogP contribution in [0.25, 0.3) is 0 Å². The van der Waals surface area contributed by atoms with Gasteiger partial charge in [-0.2, -0.15) is 0 Å². The van der Waals surface area contributed by atoms with Crippen LogP contribution in [-0.2, 0) is 19.5 Å². The lowest BCUT2D eigenvalue weighted by Crippen LogP contribution is -2.55. The Morgan fingerprint density at radius 3 is 2.50 bits per heavy atom. The Labute approximate surface area is 138 Å². The highest BCUT2D eigenvalue weighted by atomic mass is 35.5. The Morgan fingerprint density at radius 1 is 1.32 bits per heavy atom. The lowest BCUT2D eigenvalue weighted by Gasteiger charge is -2.47. The minimum absolute atomic E-state index is 0.0749. The standard InChI is InChI=1S/C15H26ClNO4S/c1-13(2)11-5-6-14(13,10-22(18,19)17(3)4)15(7-11)20-9-12(8-16)21-15/h11-12H,5-10H2,1-4H3/t11-,12?,14+,15+/m0/s1. The zero-order valence-corrected chi connectivity index (χ0v) is 15.3. The lowest BCUT2D eigenvalue weighted by molar-refractivity contribution is -0.242. The molecule has 3 fully saturated rings. The van der Waals surface area contributed by atoms with Crippen molar-refractivity contribution in [2.75, 3.05) is 32.3 Å². The minimum atomic E-state index is -3.34. The molecule has 128 valence electrons. The molecule has 0 radical (unpaired) electrons. The topological polar surface area (TPSA) is 55.8 Å². The summed E-state index contributed by atoms with van der Waals surface area (Å²) in [6.07, 6.45) is 2.50. The van der Waals surface area contributed by atoms with E-state index in [1.165, 1.54) is 4.31 Å². The zero-order valence-electron chi connectivity index (χ0n) is 13.8. The van der Waals surface area contributed by atoms with E-state index in [0.717, 1.165) is 19.3 Å². The zero-order chi connectivity index (χ0) is 16.4. The van der Waals surface area contributed by atoms with Gasteiger partial charge in [-0.25, -0.2) is 12.7 Å². The molecule has 2 bridgehead atoms. The number of ether oxygens (including phenoxy) is 2. The third kappa shape index (κ3) is 2.04. The molecule has 1 unspecified atom stereocenters. The molecule has 2 aliphatic carbocycles. The van der Waals surface area contributed by atoms with Crippen LogP contribution >= 0.6 is 11.6 Å². The number of hydrogen-bond acceptors (Lipinski definition) is 4. The maximum absolute atomic E-state index is 12.6. The average Bonchev–Trinajstić information content (AvgIpc) is 2.99. The number of alkyl halides is 1. The second kappa shape index (κ2) is 5.06. The molecular weight excluding hydrogens is 326 g/mol. The molecule has 5 nitrogen and oxygen atoms in total. The van der Waals surface area contributed by atoms with Gasteiger partial charge in [-0.1, -0.05) is 13.8 Å². The molecule has 3 rings (SSSR count). The molecule has 0 aromatic heterocycles. The van der Waals surface area contributed by atoms with Gasteiger partial charge >= 0.3 is 0 Å². The molecule has 22 heavy (non-hydrogen) atoms. The lowest BCUT2D eigenvalue weighted by atomic mass is 9.68. The van der Waals surface area contributed by atoms with Crippen molar-refractivity contribution in [2.24, 2.45) is 16.7 Å². The molecule has 0 amide bonds. The highest BCUT2D eigenvalue weighted by Crippen LogP contribution is 2.72. The van der Waals surface area contributed by atoms with Gasteiger partial charge in [-0.05, 0) is 24.2 Å². The van der Waals surface area contributed by atoms with Gasteiger partial charge in [0.05, 0.1) is 24.3 Å². The number of rotatable bonds is 4. The van der Waals surface area contributed by atoms with Crippen molar-refractivity contribution in [2.45, 2.75) is 45.0 Å². The van der Waals surface area contributed by atoms with Crippen molar-refractivity contribution in [3.8, 4) is 0 Å². The fraction of sp³-hybridized carbons (Fsp3) is 1.00. The third-order valence-electron chi connectivity index (χ3n) is 6.43. The van der Waals surface area contributed by atoms with Gasteiger partial charge in [0.1, 0.15) is 0 Å². The molecule has 0 aromatic carbocycles. The fourth-order valence-electron chi connectivity index (χ4n) is 4.86. The van der Waals surface area contributed by atoms with Gasteiger partial charge in [0.2, 0.25) is 10.0 Å². The van der Waals surface area contributed by atoms with E-state index in [9.17, 15) is 8.42 Å². The summed E-state index contributed by atoms with van der Waals surface area (Å²) in [6, 6.07) is 0. The van der Waals surface area contributed by atoms with Crippen molar-refractivity contribution >= 4 is 21.6 Å². The summed E-state index contributed by atoms with van der Waals surface area (Å²) in [5, 5.41) is 0. The van der Waals surface area contributed by atoms with Gasteiger partial charge < -0.3 is 9.47 Å². The predicted molar refractivity (Wildman–Crippen MR) is 85.3 cm³/mol. The number of hydrogen-bond donors (Lipinski definition) is 0. The van der Waals surface area contributed by atoms with Gasteiger partial charge in [-0.3, -0.25) is 0 Å². The van der Waals surface area contributed by atoms with E-state index >= 15 is 0 Å². The highest BCUT2D eigenvalue weighted by molar-refractivity contribution is 7.89. The fourth-order valence-corrected chi connectivity index (χ4v) is 6.63. The van der Waals surface area contributed by atoms with Gasteiger partial charge in [0.15, 0.2) is 5.79 Å². The molecule has 1 heterocycles. The Balaban J connectivity index is 2.03. The van der Waals surface area contributed by atoms with Crippen molar-refractivity contribution in [3.63, 3.8) is 0 Å². The van der Waals surface area contributed by atoms with Crippen LogP contribution in [0.1, 0.15) is 33.1 Å². The summed E-state index contributed by atoms with van der Waals surface area (Å²) < 4.78 is 38.9. The smallest absolute Gasteiger partial charge is 0.214 e. The number of fused-ring (bicyclic) bond motifs is 3. The van der Waals surface area contributed by atoms with Gasteiger partial charge in [-0.15, -0.1) is 11.6 Å². The highest BCUT2D eigenvalue weighted by Gasteiger charge is 2.75. The summed E-state index contributed by atoms with van der Waals surface area (Å²) >= 11 is 5.94.